The van der Waals surface area contributed by atoms with Gasteiger partial charge in [0.15, 0.2) is 0 Å². The summed E-state index contributed by atoms with van der Waals surface area (Å²) < 4.78 is 5.34. The number of aromatic nitrogens is 2. The molecule has 0 saturated carbocycles. The second-order valence-electron chi connectivity index (χ2n) is 6.82. The summed E-state index contributed by atoms with van der Waals surface area (Å²) in [5, 5.41) is 9.58. The number of hydrogen-bond acceptors (Lipinski definition) is 6. The van der Waals surface area contributed by atoms with Gasteiger partial charge in [0.25, 0.3) is 0 Å². The number of amides is 1. The van der Waals surface area contributed by atoms with Crippen LogP contribution in [-0.4, -0.2) is 68.2 Å². The molecule has 0 aromatic carbocycles. The Kier molecular flexibility index (Phi) is 5.38. The number of ether oxygens (including phenoxy) is 1. The van der Waals surface area contributed by atoms with Gasteiger partial charge in [0.05, 0.1) is 18.3 Å². The topological polar surface area (TPSA) is 95.9 Å². The van der Waals surface area contributed by atoms with Crippen LogP contribution in [0.2, 0.25) is 0 Å². The first-order chi connectivity index (χ1) is 11.2. The molecule has 1 saturated heterocycles. The summed E-state index contributed by atoms with van der Waals surface area (Å²) in [6.45, 7) is 8.15. The number of carboxylic acids is 1. The van der Waals surface area contributed by atoms with Crippen LogP contribution >= 0.6 is 0 Å². The molecule has 1 amide bonds. The third-order valence-electron chi connectivity index (χ3n) is 3.87. The molecule has 132 valence electrons. The van der Waals surface area contributed by atoms with E-state index in [0.29, 0.717) is 18.8 Å². The highest BCUT2D eigenvalue weighted by Crippen LogP contribution is 2.24. The van der Waals surface area contributed by atoms with Gasteiger partial charge in [-0.2, -0.15) is 0 Å². The highest BCUT2D eigenvalue weighted by atomic mass is 16.6. The first kappa shape index (κ1) is 18.1. The van der Waals surface area contributed by atoms with Crippen LogP contribution in [0.3, 0.4) is 0 Å². The van der Waals surface area contributed by atoms with Gasteiger partial charge < -0.3 is 14.7 Å². The van der Waals surface area contributed by atoms with E-state index in [2.05, 4.69) is 9.97 Å². The number of nitrogens with zero attached hydrogens (tertiary/aromatic N) is 4. The summed E-state index contributed by atoms with van der Waals surface area (Å²) in [5.74, 6) is -0.973. The number of aliphatic carboxylic acids is 1. The molecule has 2 rings (SSSR count). The second kappa shape index (κ2) is 7.12. The molecule has 1 aromatic rings. The maximum Gasteiger partial charge on any atom is 0.410 e. The molecule has 8 heteroatoms. The average Bonchev–Trinajstić information content (AvgIpc) is 2.52. The van der Waals surface area contributed by atoms with E-state index in [0.717, 1.165) is 0 Å². The van der Waals surface area contributed by atoms with E-state index in [1.54, 1.807) is 39.4 Å². The van der Waals surface area contributed by atoms with Gasteiger partial charge in [0.1, 0.15) is 11.6 Å². The van der Waals surface area contributed by atoms with E-state index in [9.17, 15) is 14.7 Å². The molecule has 0 radical (unpaired) electrons. The van der Waals surface area contributed by atoms with Crippen molar-refractivity contribution in [3.63, 3.8) is 0 Å². The Balaban J connectivity index is 2.11. The third kappa shape index (κ3) is 4.41. The summed E-state index contributed by atoms with van der Waals surface area (Å²) in [6, 6.07) is -1.02. The Morgan fingerprint density at radius 1 is 1.33 bits per heavy atom. The lowest BCUT2D eigenvalue weighted by atomic mass is 10.1. The van der Waals surface area contributed by atoms with Crippen LogP contribution in [0, 0.1) is 0 Å². The van der Waals surface area contributed by atoms with Crippen LogP contribution in [0.1, 0.15) is 39.4 Å². The fourth-order valence-electron chi connectivity index (χ4n) is 2.67. The van der Waals surface area contributed by atoms with Crippen LogP contribution in [0.15, 0.2) is 18.6 Å². The number of carbonyl (C=O) groups excluding carboxylic acids is 1. The molecule has 0 spiro atoms. The zero-order valence-electron chi connectivity index (χ0n) is 14.5. The van der Waals surface area contributed by atoms with E-state index < -0.39 is 23.7 Å². The Morgan fingerprint density at radius 3 is 2.58 bits per heavy atom. The smallest absolute Gasteiger partial charge is 0.410 e. The van der Waals surface area contributed by atoms with E-state index in [-0.39, 0.29) is 12.6 Å². The highest BCUT2D eigenvalue weighted by Gasteiger charge is 2.38. The Morgan fingerprint density at radius 2 is 2.04 bits per heavy atom. The summed E-state index contributed by atoms with van der Waals surface area (Å²) in [5.41, 5.74) is 0.0920. The Labute approximate surface area is 141 Å². The summed E-state index contributed by atoms with van der Waals surface area (Å²) in [6.07, 6.45) is 4.30. The molecule has 0 unspecified atom stereocenters. The van der Waals surface area contributed by atoms with Gasteiger partial charge in [-0.15, -0.1) is 0 Å². The molecule has 24 heavy (non-hydrogen) atoms. The van der Waals surface area contributed by atoms with Crippen molar-refractivity contribution in [2.45, 2.75) is 45.4 Å². The van der Waals surface area contributed by atoms with Crippen molar-refractivity contribution in [1.29, 1.82) is 0 Å². The van der Waals surface area contributed by atoms with Gasteiger partial charge in [0, 0.05) is 31.7 Å². The molecular weight excluding hydrogens is 312 g/mol. The van der Waals surface area contributed by atoms with Gasteiger partial charge >= 0.3 is 12.1 Å². The highest BCUT2D eigenvalue weighted by molar-refractivity contribution is 5.76. The summed E-state index contributed by atoms with van der Waals surface area (Å²) in [4.78, 5) is 35.5. The third-order valence-corrected chi connectivity index (χ3v) is 3.87. The van der Waals surface area contributed by atoms with Crippen LogP contribution < -0.4 is 0 Å². The summed E-state index contributed by atoms with van der Waals surface area (Å²) >= 11 is 0. The quantitative estimate of drug-likeness (QED) is 0.894. The number of rotatable bonds is 3. The lowest BCUT2D eigenvalue weighted by Crippen LogP contribution is -2.58. The van der Waals surface area contributed by atoms with Crippen molar-refractivity contribution < 1.29 is 19.4 Å². The van der Waals surface area contributed by atoms with E-state index >= 15 is 0 Å². The standard InChI is InChI=1S/C16H24N4O4/c1-11(12-9-17-5-6-18-12)20-8-7-19(10-13(20)14(21)22)15(23)24-16(2,3)4/h5-6,9,11,13H,7-8,10H2,1-4H3,(H,21,22)/t11-,13+/m0/s1. The maximum atomic E-state index is 12.2. The summed E-state index contributed by atoms with van der Waals surface area (Å²) in [7, 11) is 0. The maximum absolute atomic E-state index is 12.2. The molecule has 1 aliphatic heterocycles. The fraction of sp³-hybridized carbons (Fsp3) is 0.625. The largest absolute Gasteiger partial charge is 0.480 e. The van der Waals surface area contributed by atoms with E-state index in [1.807, 2.05) is 11.8 Å². The van der Waals surface area contributed by atoms with Crippen molar-refractivity contribution in [3.05, 3.63) is 24.3 Å². The second-order valence-corrected chi connectivity index (χ2v) is 6.82. The molecule has 1 aliphatic rings. The fourth-order valence-corrected chi connectivity index (χ4v) is 2.67. The first-order valence-corrected chi connectivity index (χ1v) is 7.91. The minimum atomic E-state index is -0.973. The van der Waals surface area contributed by atoms with Crippen LogP contribution in [0.25, 0.3) is 0 Å². The lowest BCUT2D eigenvalue weighted by Gasteiger charge is -2.42. The van der Waals surface area contributed by atoms with Gasteiger partial charge in [-0.1, -0.05) is 0 Å². The van der Waals surface area contributed by atoms with E-state index in [1.165, 1.54) is 4.90 Å². The van der Waals surface area contributed by atoms with Crippen LogP contribution in [0.4, 0.5) is 4.79 Å². The molecule has 2 atom stereocenters. The average molecular weight is 336 g/mol. The monoisotopic (exact) mass is 336 g/mol. The van der Waals surface area contributed by atoms with Crippen molar-refractivity contribution in [2.75, 3.05) is 19.6 Å². The molecule has 2 heterocycles. The predicted octanol–water partition coefficient (Wildman–Crippen LogP) is 1.54. The van der Waals surface area contributed by atoms with Crippen molar-refractivity contribution in [1.82, 2.24) is 19.8 Å². The molecular formula is C16H24N4O4. The molecule has 0 bridgehead atoms. The lowest BCUT2D eigenvalue weighted by molar-refractivity contribution is -0.147. The van der Waals surface area contributed by atoms with Gasteiger partial charge in [0.2, 0.25) is 0 Å². The van der Waals surface area contributed by atoms with Gasteiger partial charge in [-0.25, -0.2) is 4.79 Å². The molecule has 1 aromatic heterocycles. The SMILES string of the molecule is C[C@@H](c1cnccn1)N1CCN(C(=O)OC(C)(C)C)C[C@@H]1C(=O)O. The Bertz CT molecular complexity index is 587. The van der Waals surface area contributed by atoms with Gasteiger partial charge in [-0.05, 0) is 27.7 Å². The van der Waals surface area contributed by atoms with Crippen molar-refractivity contribution in [2.24, 2.45) is 0 Å². The van der Waals surface area contributed by atoms with Gasteiger partial charge in [-0.3, -0.25) is 19.7 Å². The Hall–Kier alpha value is -2.22. The molecule has 0 aliphatic carbocycles. The molecule has 1 N–H and O–H groups in total. The number of carbonyl (C=O) groups is 2. The minimum Gasteiger partial charge on any atom is -0.480 e. The first-order valence-electron chi connectivity index (χ1n) is 7.91. The van der Waals surface area contributed by atoms with Crippen LogP contribution in [0.5, 0.6) is 0 Å². The van der Waals surface area contributed by atoms with Crippen LogP contribution in [-0.2, 0) is 9.53 Å². The zero-order valence-corrected chi connectivity index (χ0v) is 14.5. The number of piperazine rings is 1. The minimum absolute atomic E-state index is 0.0782. The molecule has 8 nitrogen and oxygen atoms in total. The van der Waals surface area contributed by atoms with Crippen molar-refractivity contribution in [3.8, 4) is 0 Å². The zero-order chi connectivity index (χ0) is 17.9. The normalized spacial score (nSPS) is 20.5. The van der Waals surface area contributed by atoms with E-state index in [4.69, 9.17) is 4.74 Å². The number of hydrogen-bond donors (Lipinski definition) is 1. The van der Waals surface area contributed by atoms with Crippen molar-refractivity contribution >= 4 is 12.1 Å². The predicted molar refractivity (Wildman–Crippen MR) is 86.4 cm³/mol. The number of carboxylic acid groups (broad SMARTS) is 1. The molecule has 1 fully saturated rings.